The van der Waals surface area contributed by atoms with E-state index < -0.39 is 0 Å². The summed E-state index contributed by atoms with van der Waals surface area (Å²) in [6.07, 6.45) is 1.54. The lowest BCUT2D eigenvalue weighted by atomic mass is 10.1. The number of ether oxygens (including phenoxy) is 3. The molecule has 0 aliphatic heterocycles. The molecular weight excluding hydrogens is 440 g/mol. The summed E-state index contributed by atoms with van der Waals surface area (Å²) in [4.78, 5) is 12.3. The Hall–Kier alpha value is -4.58. The topological polar surface area (TPSA) is 69.2 Å². The van der Waals surface area contributed by atoms with E-state index in [1.165, 1.54) is 0 Å². The molecule has 4 aromatic carbocycles. The van der Waals surface area contributed by atoms with E-state index in [4.69, 9.17) is 14.2 Å². The van der Waals surface area contributed by atoms with E-state index in [9.17, 15) is 4.79 Å². The van der Waals surface area contributed by atoms with Gasteiger partial charge >= 0.3 is 0 Å². The number of amides is 1. The van der Waals surface area contributed by atoms with Crippen molar-refractivity contribution in [1.82, 2.24) is 5.43 Å². The van der Waals surface area contributed by atoms with Crippen molar-refractivity contribution < 1.29 is 19.0 Å². The molecule has 0 aliphatic carbocycles. The molecule has 0 aromatic heterocycles. The minimum absolute atomic E-state index is 0.156. The van der Waals surface area contributed by atoms with Crippen molar-refractivity contribution >= 4 is 12.1 Å². The molecule has 0 radical (unpaired) electrons. The summed E-state index contributed by atoms with van der Waals surface area (Å²) in [6.45, 7) is 0.283. The van der Waals surface area contributed by atoms with Gasteiger partial charge in [0.05, 0.1) is 13.3 Å². The van der Waals surface area contributed by atoms with Crippen LogP contribution in [0.2, 0.25) is 0 Å². The van der Waals surface area contributed by atoms with Crippen LogP contribution in [0.4, 0.5) is 0 Å². The van der Waals surface area contributed by atoms with E-state index in [0.29, 0.717) is 23.9 Å². The van der Waals surface area contributed by atoms with Gasteiger partial charge in [-0.2, -0.15) is 5.10 Å². The first kappa shape index (κ1) is 23.6. The number of nitrogens with zero attached hydrogens (tertiary/aromatic N) is 1. The fourth-order valence-corrected chi connectivity index (χ4v) is 3.42. The number of rotatable bonds is 10. The molecule has 35 heavy (non-hydrogen) atoms. The zero-order valence-electron chi connectivity index (χ0n) is 19.4. The summed E-state index contributed by atoms with van der Waals surface area (Å²) in [5.41, 5.74) is 6.26. The van der Waals surface area contributed by atoms with Gasteiger partial charge in [-0.1, -0.05) is 78.9 Å². The minimum atomic E-state index is -0.362. The molecule has 6 heteroatoms. The molecule has 1 amide bonds. The van der Waals surface area contributed by atoms with Gasteiger partial charge in [-0.15, -0.1) is 0 Å². The van der Waals surface area contributed by atoms with E-state index in [1.807, 2.05) is 97.1 Å². The van der Waals surface area contributed by atoms with Gasteiger partial charge in [0.15, 0.2) is 18.1 Å². The lowest BCUT2D eigenvalue weighted by molar-refractivity contribution is -0.123. The van der Waals surface area contributed by atoms with Crippen LogP contribution in [-0.2, 0) is 11.4 Å². The first-order chi connectivity index (χ1) is 17.2. The van der Waals surface area contributed by atoms with Crippen molar-refractivity contribution in [2.45, 2.75) is 6.61 Å². The SMILES string of the molecule is COc1cc(/C=N/NC(=O)COc2ccccc2-c2ccccc2)ccc1OCc1ccccc1. The molecule has 0 atom stereocenters. The number of methoxy groups -OCH3 is 1. The van der Waals surface area contributed by atoms with Crippen molar-refractivity contribution in [3.05, 3.63) is 114 Å². The number of hydrogen-bond donors (Lipinski definition) is 1. The van der Waals surface area contributed by atoms with Crippen LogP contribution in [-0.4, -0.2) is 25.8 Å². The second kappa shape index (κ2) is 12.0. The highest BCUT2D eigenvalue weighted by molar-refractivity contribution is 5.84. The van der Waals surface area contributed by atoms with Gasteiger partial charge in [-0.05, 0) is 41.0 Å². The van der Waals surface area contributed by atoms with Crippen molar-refractivity contribution in [2.75, 3.05) is 13.7 Å². The molecule has 0 aliphatic rings. The Bertz CT molecular complexity index is 1270. The van der Waals surface area contributed by atoms with Crippen LogP contribution in [0.25, 0.3) is 11.1 Å². The largest absolute Gasteiger partial charge is 0.493 e. The highest BCUT2D eigenvalue weighted by atomic mass is 16.5. The van der Waals surface area contributed by atoms with Crippen LogP contribution in [0.15, 0.2) is 108 Å². The minimum Gasteiger partial charge on any atom is -0.493 e. The summed E-state index contributed by atoms with van der Waals surface area (Å²) in [7, 11) is 1.58. The summed E-state index contributed by atoms with van der Waals surface area (Å²) in [6, 6.07) is 32.8. The number of hydrogen-bond acceptors (Lipinski definition) is 5. The van der Waals surface area contributed by atoms with Crippen LogP contribution < -0.4 is 19.6 Å². The average Bonchev–Trinajstić information content (AvgIpc) is 2.92. The first-order valence-electron chi connectivity index (χ1n) is 11.2. The van der Waals surface area contributed by atoms with Crippen LogP contribution in [0, 0.1) is 0 Å². The number of hydrazone groups is 1. The van der Waals surface area contributed by atoms with E-state index in [1.54, 1.807) is 19.4 Å². The number of nitrogens with one attached hydrogen (secondary N) is 1. The Morgan fingerprint density at radius 1 is 0.800 bits per heavy atom. The van der Waals surface area contributed by atoms with Gasteiger partial charge in [0.25, 0.3) is 5.91 Å². The monoisotopic (exact) mass is 466 g/mol. The highest BCUT2D eigenvalue weighted by Crippen LogP contribution is 2.30. The summed E-state index contributed by atoms with van der Waals surface area (Å²) < 4.78 is 17.1. The normalized spacial score (nSPS) is 10.7. The van der Waals surface area contributed by atoms with E-state index >= 15 is 0 Å². The summed E-state index contributed by atoms with van der Waals surface area (Å²) in [5, 5.41) is 4.03. The number of para-hydroxylation sites is 1. The van der Waals surface area contributed by atoms with Gasteiger partial charge in [0.1, 0.15) is 12.4 Å². The first-order valence-corrected chi connectivity index (χ1v) is 11.2. The smallest absolute Gasteiger partial charge is 0.277 e. The molecule has 4 rings (SSSR count). The highest BCUT2D eigenvalue weighted by Gasteiger charge is 2.08. The van der Waals surface area contributed by atoms with E-state index in [-0.39, 0.29) is 12.5 Å². The third-order valence-corrected chi connectivity index (χ3v) is 5.16. The molecule has 0 fully saturated rings. The zero-order valence-corrected chi connectivity index (χ0v) is 19.4. The standard InChI is InChI=1S/C29H26N2O4/c1-33-28-18-23(16-17-27(28)34-20-22-10-4-2-5-11-22)19-30-31-29(32)21-35-26-15-9-8-14-25(26)24-12-6-3-7-13-24/h2-19H,20-21H2,1H3,(H,31,32)/b30-19+. The molecule has 0 spiro atoms. The molecule has 0 saturated carbocycles. The van der Waals surface area contributed by atoms with Gasteiger partial charge < -0.3 is 14.2 Å². The average molecular weight is 467 g/mol. The summed E-state index contributed by atoms with van der Waals surface area (Å²) >= 11 is 0. The number of benzene rings is 4. The van der Waals surface area contributed by atoms with Crippen molar-refractivity contribution in [3.63, 3.8) is 0 Å². The Kier molecular flexibility index (Phi) is 8.11. The Morgan fingerprint density at radius 2 is 1.51 bits per heavy atom. The number of carbonyl (C=O) groups is 1. The van der Waals surface area contributed by atoms with Crippen molar-refractivity contribution in [1.29, 1.82) is 0 Å². The fraction of sp³-hybridized carbons (Fsp3) is 0.103. The van der Waals surface area contributed by atoms with Gasteiger partial charge in [0, 0.05) is 5.56 Å². The quantitative estimate of drug-likeness (QED) is 0.249. The maximum absolute atomic E-state index is 12.3. The molecule has 0 unspecified atom stereocenters. The van der Waals surface area contributed by atoms with Crippen LogP contribution in [0.5, 0.6) is 17.2 Å². The van der Waals surface area contributed by atoms with Crippen LogP contribution in [0.3, 0.4) is 0 Å². The zero-order chi connectivity index (χ0) is 24.3. The van der Waals surface area contributed by atoms with Gasteiger partial charge in [-0.3, -0.25) is 4.79 Å². The van der Waals surface area contributed by atoms with Crippen LogP contribution >= 0.6 is 0 Å². The molecule has 0 heterocycles. The molecule has 176 valence electrons. The Morgan fingerprint density at radius 3 is 2.29 bits per heavy atom. The van der Waals surface area contributed by atoms with E-state index in [0.717, 1.165) is 22.3 Å². The maximum atomic E-state index is 12.3. The molecule has 4 aromatic rings. The second-order valence-electron chi connectivity index (χ2n) is 7.63. The molecular formula is C29H26N2O4. The molecule has 1 N–H and O–H groups in total. The maximum Gasteiger partial charge on any atom is 0.277 e. The Balaban J connectivity index is 1.31. The molecule has 0 bridgehead atoms. The second-order valence-corrected chi connectivity index (χ2v) is 7.63. The van der Waals surface area contributed by atoms with Crippen LogP contribution in [0.1, 0.15) is 11.1 Å². The third kappa shape index (κ3) is 6.71. The van der Waals surface area contributed by atoms with Crippen molar-refractivity contribution in [3.8, 4) is 28.4 Å². The Labute approximate surface area is 204 Å². The van der Waals surface area contributed by atoms with Gasteiger partial charge in [0.2, 0.25) is 0 Å². The predicted octanol–water partition coefficient (Wildman–Crippen LogP) is 5.47. The third-order valence-electron chi connectivity index (χ3n) is 5.16. The lowest BCUT2D eigenvalue weighted by Crippen LogP contribution is -2.24. The van der Waals surface area contributed by atoms with E-state index in [2.05, 4.69) is 10.5 Å². The molecule has 0 saturated heterocycles. The summed E-state index contributed by atoms with van der Waals surface area (Å²) in [5.74, 6) is 1.48. The number of carbonyl (C=O) groups excluding carboxylic acids is 1. The fourth-order valence-electron chi connectivity index (χ4n) is 3.42. The van der Waals surface area contributed by atoms with Crippen molar-refractivity contribution in [2.24, 2.45) is 5.10 Å². The molecule has 6 nitrogen and oxygen atoms in total. The van der Waals surface area contributed by atoms with Gasteiger partial charge in [-0.25, -0.2) is 5.43 Å². The lowest BCUT2D eigenvalue weighted by Gasteiger charge is -2.11. The predicted molar refractivity (Wildman–Crippen MR) is 137 cm³/mol.